The monoisotopic (exact) mass is 282 g/mol. The van der Waals surface area contributed by atoms with Gasteiger partial charge in [0.2, 0.25) is 0 Å². The van der Waals surface area contributed by atoms with Gasteiger partial charge < -0.3 is 10.6 Å². The number of anilines is 1. The first-order valence-electron chi connectivity index (χ1n) is 7.93. The summed E-state index contributed by atoms with van der Waals surface area (Å²) in [6.07, 6.45) is 2.79. The molecule has 1 aliphatic heterocycles. The van der Waals surface area contributed by atoms with Gasteiger partial charge in [-0.2, -0.15) is 0 Å². The summed E-state index contributed by atoms with van der Waals surface area (Å²) in [6.45, 7) is 4.96. The van der Waals surface area contributed by atoms with E-state index in [1.807, 2.05) is 0 Å². The van der Waals surface area contributed by atoms with Crippen LogP contribution in [0.25, 0.3) is 10.8 Å². The van der Waals surface area contributed by atoms with Crippen molar-refractivity contribution in [2.24, 2.45) is 5.73 Å². The average molecular weight is 282 g/mol. The lowest BCUT2D eigenvalue weighted by molar-refractivity contribution is 0.248. The van der Waals surface area contributed by atoms with E-state index < -0.39 is 0 Å². The van der Waals surface area contributed by atoms with Gasteiger partial charge in [-0.15, -0.1) is 0 Å². The second-order valence-electron chi connectivity index (χ2n) is 6.12. The Morgan fingerprint density at radius 3 is 2.57 bits per heavy atom. The van der Waals surface area contributed by atoms with E-state index in [0.717, 1.165) is 43.7 Å². The van der Waals surface area contributed by atoms with Crippen LogP contribution in [0.3, 0.4) is 0 Å². The summed E-state index contributed by atoms with van der Waals surface area (Å²) in [6, 6.07) is 11.5. The molecule has 1 aromatic heterocycles. The van der Waals surface area contributed by atoms with Crippen LogP contribution < -0.4 is 10.6 Å². The molecule has 2 fully saturated rings. The summed E-state index contributed by atoms with van der Waals surface area (Å²) in [5.41, 5.74) is 6.80. The SMILES string of the molecule is NCc1cc2ccccc2c(N2CCN(C3CC3)CC2)n1. The Morgan fingerprint density at radius 2 is 1.86 bits per heavy atom. The maximum atomic E-state index is 5.82. The van der Waals surface area contributed by atoms with Crippen LogP contribution in [0.2, 0.25) is 0 Å². The highest BCUT2D eigenvalue weighted by Crippen LogP contribution is 2.30. The predicted molar refractivity (Wildman–Crippen MR) is 86.4 cm³/mol. The quantitative estimate of drug-likeness (QED) is 0.935. The fourth-order valence-corrected chi connectivity index (χ4v) is 3.32. The number of nitrogens with zero attached hydrogens (tertiary/aromatic N) is 3. The molecule has 21 heavy (non-hydrogen) atoms. The van der Waals surface area contributed by atoms with Crippen LogP contribution in [0.15, 0.2) is 30.3 Å². The lowest BCUT2D eigenvalue weighted by Crippen LogP contribution is -2.47. The van der Waals surface area contributed by atoms with E-state index in [1.165, 1.54) is 23.6 Å². The number of nitrogens with two attached hydrogens (primary N) is 1. The Balaban J connectivity index is 1.65. The van der Waals surface area contributed by atoms with E-state index in [0.29, 0.717) is 6.54 Å². The van der Waals surface area contributed by atoms with Crippen molar-refractivity contribution in [3.63, 3.8) is 0 Å². The van der Waals surface area contributed by atoms with E-state index in [1.54, 1.807) is 0 Å². The molecule has 1 aromatic carbocycles. The maximum absolute atomic E-state index is 5.82. The smallest absolute Gasteiger partial charge is 0.136 e. The molecule has 2 aliphatic rings. The van der Waals surface area contributed by atoms with Gasteiger partial charge in [0, 0.05) is 44.2 Å². The van der Waals surface area contributed by atoms with Gasteiger partial charge in [-0.25, -0.2) is 4.98 Å². The molecule has 0 spiro atoms. The molecular weight excluding hydrogens is 260 g/mol. The fourth-order valence-electron chi connectivity index (χ4n) is 3.32. The summed E-state index contributed by atoms with van der Waals surface area (Å²) in [5, 5.41) is 2.49. The van der Waals surface area contributed by atoms with Crippen LogP contribution in [0.1, 0.15) is 18.5 Å². The standard InChI is InChI=1S/C17H22N4/c18-12-14-11-13-3-1-2-4-16(13)17(19-14)21-9-7-20(8-10-21)15-5-6-15/h1-4,11,15H,5-10,12,18H2. The summed E-state index contributed by atoms with van der Waals surface area (Å²) >= 11 is 0. The van der Waals surface area contributed by atoms with Gasteiger partial charge >= 0.3 is 0 Å². The Labute approximate surface area is 125 Å². The van der Waals surface area contributed by atoms with E-state index >= 15 is 0 Å². The van der Waals surface area contributed by atoms with Gasteiger partial charge in [-0.3, -0.25) is 4.90 Å². The predicted octanol–water partition coefficient (Wildman–Crippen LogP) is 1.98. The molecule has 4 rings (SSSR count). The van der Waals surface area contributed by atoms with Gasteiger partial charge in [-0.1, -0.05) is 24.3 Å². The van der Waals surface area contributed by atoms with Crippen LogP contribution in [-0.2, 0) is 6.54 Å². The molecule has 0 atom stereocenters. The first-order valence-corrected chi connectivity index (χ1v) is 7.93. The number of pyridine rings is 1. The zero-order valence-corrected chi connectivity index (χ0v) is 12.3. The first-order chi connectivity index (χ1) is 10.3. The minimum Gasteiger partial charge on any atom is -0.354 e. The number of benzene rings is 1. The molecule has 0 bridgehead atoms. The third-order valence-electron chi connectivity index (χ3n) is 4.66. The topological polar surface area (TPSA) is 45.4 Å². The third kappa shape index (κ3) is 2.49. The number of piperazine rings is 1. The largest absolute Gasteiger partial charge is 0.354 e. The van der Waals surface area contributed by atoms with Gasteiger partial charge in [0.1, 0.15) is 5.82 Å². The lowest BCUT2D eigenvalue weighted by atomic mass is 10.1. The molecule has 2 N–H and O–H groups in total. The molecule has 1 aliphatic carbocycles. The Morgan fingerprint density at radius 1 is 1.10 bits per heavy atom. The molecular formula is C17H22N4. The summed E-state index contributed by atoms with van der Waals surface area (Å²) in [7, 11) is 0. The van der Waals surface area contributed by atoms with Crippen LogP contribution in [0, 0.1) is 0 Å². The van der Waals surface area contributed by atoms with Gasteiger partial charge in [0.25, 0.3) is 0 Å². The van der Waals surface area contributed by atoms with E-state index in [9.17, 15) is 0 Å². The molecule has 0 radical (unpaired) electrons. The normalized spacial score (nSPS) is 20.1. The maximum Gasteiger partial charge on any atom is 0.136 e. The van der Waals surface area contributed by atoms with Crippen molar-refractivity contribution in [2.45, 2.75) is 25.4 Å². The van der Waals surface area contributed by atoms with Crippen molar-refractivity contribution in [3.8, 4) is 0 Å². The van der Waals surface area contributed by atoms with Gasteiger partial charge in [-0.05, 0) is 24.3 Å². The van der Waals surface area contributed by atoms with Crippen molar-refractivity contribution in [1.82, 2.24) is 9.88 Å². The summed E-state index contributed by atoms with van der Waals surface area (Å²) in [5.74, 6) is 1.11. The van der Waals surface area contributed by atoms with Crippen molar-refractivity contribution in [3.05, 3.63) is 36.0 Å². The van der Waals surface area contributed by atoms with E-state index in [2.05, 4.69) is 40.1 Å². The van der Waals surface area contributed by atoms with Crippen LogP contribution >= 0.6 is 0 Å². The van der Waals surface area contributed by atoms with Gasteiger partial charge in [0.15, 0.2) is 0 Å². The van der Waals surface area contributed by atoms with Crippen LogP contribution in [0.4, 0.5) is 5.82 Å². The summed E-state index contributed by atoms with van der Waals surface area (Å²) in [4.78, 5) is 9.87. The van der Waals surface area contributed by atoms with E-state index in [-0.39, 0.29) is 0 Å². The van der Waals surface area contributed by atoms with Gasteiger partial charge in [0.05, 0.1) is 5.69 Å². The highest BCUT2D eigenvalue weighted by atomic mass is 15.3. The minimum absolute atomic E-state index is 0.500. The number of hydrogen-bond donors (Lipinski definition) is 1. The molecule has 0 unspecified atom stereocenters. The van der Waals surface area contributed by atoms with Crippen molar-refractivity contribution < 1.29 is 0 Å². The molecule has 110 valence electrons. The highest BCUT2D eigenvalue weighted by molar-refractivity contribution is 5.92. The molecule has 2 heterocycles. The number of aromatic nitrogens is 1. The molecule has 4 nitrogen and oxygen atoms in total. The average Bonchev–Trinajstić information content (AvgIpc) is 3.39. The Bertz CT molecular complexity index is 642. The van der Waals surface area contributed by atoms with Crippen LogP contribution in [0.5, 0.6) is 0 Å². The fraction of sp³-hybridized carbons (Fsp3) is 0.471. The molecule has 1 saturated heterocycles. The Hall–Kier alpha value is -1.65. The minimum atomic E-state index is 0.500. The summed E-state index contributed by atoms with van der Waals surface area (Å²) < 4.78 is 0. The Kier molecular flexibility index (Phi) is 3.28. The molecule has 2 aromatic rings. The molecule has 1 saturated carbocycles. The van der Waals surface area contributed by atoms with E-state index in [4.69, 9.17) is 10.7 Å². The molecule has 4 heteroatoms. The highest BCUT2D eigenvalue weighted by Gasteiger charge is 2.31. The number of hydrogen-bond acceptors (Lipinski definition) is 4. The first kappa shape index (κ1) is 13.0. The zero-order valence-electron chi connectivity index (χ0n) is 12.3. The lowest BCUT2D eigenvalue weighted by Gasteiger charge is -2.36. The van der Waals surface area contributed by atoms with Crippen molar-refractivity contribution in [1.29, 1.82) is 0 Å². The third-order valence-corrected chi connectivity index (χ3v) is 4.66. The van der Waals surface area contributed by atoms with Crippen molar-refractivity contribution >= 4 is 16.6 Å². The number of rotatable bonds is 3. The zero-order chi connectivity index (χ0) is 14.2. The second kappa shape index (κ2) is 5.28. The second-order valence-corrected chi connectivity index (χ2v) is 6.12. The van der Waals surface area contributed by atoms with Crippen LogP contribution in [-0.4, -0.2) is 42.1 Å². The van der Waals surface area contributed by atoms with Crippen molar-refractivity contribution in [2.75, 3.05) is 31.1 Å². The molecule has 0 amide bonds. The number of fused-ring (bicyclic) bond motifs is 1.